The number of nitrogens with zero attached hydrogens (tertiary/aromatic N) is 5. The Morgan fingerprint density at radius 2 is 1.92 bits per heavy atom. The minimum Gasteiger partial charge on any atom is -0.337 e. The van der Waals surface area contributed by atoms with E-state index in [1.807, 2.05) is 35.2 Å². The zero-order valence-corrected chi connectivity index (χ0v) is 15.3. The van der Waals surface area contributed by atoms with Crippen LogP contribution in [0.4, 0.5) is 0 Å². The first-order chi connectivity index (χ1) is 12.0. The van der Waals surface area contributed by atoms with Crippen molar-refractivity contribution < 1.29 is 4.79 Å². The third-order valence-electron chi connectivity index (χ3n) is 5.06. The molecule has 0 bridgehead atoms. The maximum atomic E-state index is 12.7. The number of para-hydroxylation sites is 1. The van der Waals surface area contributed by atoms with Crippen LogP contribution in [-0.2, 0) is 0 Å². The van der Waals surface area contributed by atoms with Crippen molar-refractivity contribution in [3.05, 3.63) is 42.2 Å². The summed E-state index contributed by atoms with van der Waals surface area (Å²) in [5.41, 5.74) is 1.33. The lowest BCUT2D eigenvalue weighted by Gasteiger charge is -2.34. The normalized spacial score (nSPS) is 16.0. The van der Waals surface area contributed by atoms with Crippen LogP contribution in [-0.4, -0.2) is 63.4 Å². The van der Waals surface area contributed by atoms with Gasteiger partial charge in [0.05, 0.1) is 11.9 Å². The van der Waals surface area contributed by atoms with Crippen LogP contribution < -0.4 is 0 Å². The Morgan fingerprint density at radius 1 is 1.24 bits per heavy atom. The molecule has 0 atom stereocenters. The zero-order chi connectivity index (χ0) is 17.8. The lowest BCUT2D eigenvalue weighted by atomic mass is 9.95. The molecule has 0 saturated carbocycles. The SMILES string of the molecule is CC(C)N(C)CC1CCN(C(=O)c2cn(-c3ccccc3)nn2)CC1. The van der Waals surface area contributed by atoms with E-state index in [0.29, 0.717) is 17.7 Å². The molecule has 0 N–H and O–H groups in total. The topological polar surface area (TPSA) is 54.3 Å². The van der Waals surface area contributed by atoms with Crippen LogP contribution in [0.5, 0.6) is 0 Å². The monoisotopic (exact) mass is 341 g/mol. The number of carbonyl (C=O) groups is 1. The summed E-state index contributed by atoms with van der Waals surface area (Å²) in [4.78, 5) is 17.0. The number of hydrogen-bond acceptors (Lipinski definition) is 4. The van der Waals surface area contributed by atoms with E-state index in [4.69, 9.17) is 0 Å². The fourth-order valence-electron chi connectivity index (χ4n) is 3.17. The second-order valence-electron chi connectivity index (χ2n) is 7.15. The van der Waals surface area contributed by atoms with E-state index in [1.54, 1.807) is 10.9 Å². The number of benzene rings is 1. The highest BCUT2D eigenvalue weighted by Gasteiger charge is 2.26. The van der Waals surface area contributed by atoms with E-state index >= 15 is 0 Å². The molecule has 3 rings (SSSR count). The molecule has 25 heavy (non-hydrogen) atoms. The molecule has 1 aliphatic rings. The Morgan fingerprint density at radius 3 is 2.56 bits per heavy atom. The van der Waals surface area contributed by atoms with Crippen molar-refractivity contribution in [1.29, 1.82) is 0 Å². The molecule has 2 heterocycles. The molecule has 0 aliphatic carbocycles. The van der Waals surface area contributed by atoms with Crippen molar-refractivity contribution in [3.63, 3.8) is 0 Å². The smallest absolute Gasteiger partial charge is 0.276 e. The number of carbonyl (C=O) groups excluding carboxylic acids is 1. The van der Waals surface area contributed by atoms with Crippen LogP contribution in [0.2, 0.25) is 0 Å². The fourth-order valence-corrected chi connectivity index (χ4v) is 3.17. The summed E-state index contributed by atoms with van der Waals surface area (Å²) in [6.07, 6.45) is 3.82. The highest BCUT2D eigenvalue weighted by Crippen LogP contribution is 2.20. The molecular weight excluding hydrogens is 314 g/mol. The first-order valence-electron chi connectivity index (χ1n) is 9.02. The van der Waals surface area contributed by atoms with Gasteiger partial charge in [0.15, 0.2) is 5.69 Å². The molecule has 0 spiro atoms. The number of piperidine rings is 1. The number of hydrogen-bond donors (Lipinski definition) is 0. The summed E-state index contributed by atoms with van der Waals surface area (Å²) in [6.45, 7) is 7.13. The van der Waals surface area contributed by atoms with Crippen LogP contribution in [0.3, 0.4) is 0 Å². The van der Waals surface area contributed by atoms with Gasteiger partial charge >= 0.3 is 0 Å². The summed E-state index contributed by atoms with van der Waals surface area (Å²) < 4.78 is 1.65. The van der Waals surface area contributed by atoms with Gasteiger partial charge in [0.25, 0.3) is 5.91 Å². The van der Waals surface area contributed by atoms with Crippen molar-refractivity contribution >= 4 is 5.91 Å². The number of rotatable bonds is 5. The highest BCUT2D eigenvalue weighted by atomic mass is 16.2. The van der Waals surface area contributed by atoms with Gasteiger partial charge in [0.1, 0.15) is 0 Å². The molecule has 134 valence electrons. The molecule has 1 aromatic heterocycles. The largest absolute Gasteiger partial charge is 0.337 e. The van der Waals surface area contributed by atoms with Crippen LogP contribution >= 0.6 is 0 Å². The average molecular weight is 341 g/mol. The molecule has 1 saturated heterocycles. The highest BCUT2D eigenvalue weighted by molar-refractivity contribution is 5.92. The predicted molar refractivity (Wildman–Crippen MR) is 97.8 cm³/mol. The first kappa shape index (κ1) is 17.6. The van der Waals surface area contributed by atoms with Crippen LogP contribution in [0, 0.1) is 5.92 Å². The van der Waals surface area contributed by atoms with Gasteiger partial charge in [0.2, 0.25) is 0 Å². The van der Waals surface area contributed by atoms with E-state index in [1.165, 1.54) is 0 Å². The molecule has 6 nitrogen and oxygen atoms in total. The molecule has 0 radical (unpaired) electrons. The molecule has 0 unspecified atom stereocenters. The molecule has 1 fully saturated rings. The van der Waals surface area contributed by atoms with Gasteiger partial charge in [-0.05, 0) is 51.8 Å². The third kappa shape index (κ3) is 4.25. The van der Waals surface area contributed by atoms with Gasteiger partial charge in [-0.1, -0.05) is 23.4 Å². The molecule has 1 aromatic carbocycles. The summed E-state index contributed by atoms with van der Waals surface area (Å²) in [6, 6.07) is 10.3. The van der Waals surface area contributed by atoms with Gasteiger partial charge in [-0.3, -0.25) is 4.79 Å². The number of amides is 1. The van der Waals surface area contributed by atoms with Gasteiger partial charge in [0, 0.05) is 25.7 Å². The Hall–Kier alpha value is -2.21. The third-order valence-corrected chi connectivity index (χ3v) is 5.06. The fraction of sp³-hybridized carbons (Fsp3) is 0.526. The summed E-state index contributed by atoms with van der Waals surface area (Å²) in [5, 5.41) is 8.16. The van der Waals surface area contributed by atoms with Crippen LogP contribution in [0.25, 0.3) is 5.69 Å². The molecular formula is C19H27N5O. The quantitative estimate of drug-likeness (QED) is 0.838. The van der Waals surface area contributed by atoms with Crippen LogP contribution in [0.15, 0.2) is 36.5 Å². The zero-order valence-electron chi connectivity index (χ0n) is 15.3. The lowest BCUT2D eigenvalue weighted by molar-refractivity contribution is 0.0660. The van der Waals surface area contributed by atoms with E-state index in [-0.39, 0.29) is 5.91 Å². The lowest BCUT2D eigenvalue weighted by Crippen LogP contribution is -2.42. The Bertz CT molecular complexity index is 689. The molecule has 1 amide bonds. The maximum absolute atomic E-state index is 12.7. The molecule has 1 aliphatic heterocycles. The van der Waals surface area contributed by atoms with E-state index in [0.717, 1.165) is 38.2 Å². The molecule has 6 heteroatoms. The standard InChI is InChI=1S/C19H27N5O/c1-15(2)22(3)13-16-9-11-23(12-10-16)19(25)18-14-24(21-20-18)17-7-5-4-6-8-17/h4-8,14-16H,9-13H2,1-3H3. The predicted octanol–water partition coefficient (Wildman–Crippen LogP) is 2.46. The second kappa shape index (κ2) is 7.78. The first-order valence-corrected chi connectivity index (χ1v) is 9.02. The minimum absolute atomic E-state index is 0.0159. The van der Waals surface area contributed by atoms with E-state index < -0.39 is 0 Å². The minimum atomic E-state index is -0.0159. The average Bonchev–Trinajstić information content (AvgIpc) is 3.12. The van der Waals surface area contributed by atoms with Crippen molar-refractivity contribution in [1.82, 2.24) is 24.8 Å². The van der Waals surface area contributed by atoms with Crippen molar-refractivity contribution in [2.24, 2.45) is 5.92 Å². The molecule has 2 aromatic rings. The summed E-state index contributed by atoms with van der Waals surface area (Å²) in [7, 11) is 2.17. The Balaban J connectivity index is 1.57. The van der Waals surface area contributed by atoms with Gasteiger partial charge < -0.3 is 9.80 Å². The van der Waals surface area contributed by atoms with E-state index in [2.05, 4.69) is 36.1 Å². The van der Waals surface area contributed by atoms with Crippen molar-refractivity contribution in [2.45, 2.75) is 32.7 Å². The van der Waals surface area contributed by atoms with Gasteiger partial charge in [-0.2, -0.15) is 0 Å². The van der Waals surface area contributed by atoms with Crippen molar-refractivity contribution in [3.8, 4) is 5.69 Å². The van der Waals surface area contributed by atoms with Crippen molar-refractivity contribution in [2.75, 3.05) is 26.7 Å². The number of aromatic nitrogens is 3. The van der Waals surface area contributed by atoms with E-state index in [9.17, 15) is 4.79 Å². The summed E-state index contributed by atoms with van der Waals surface area (Å²) >= 11 is 0. The number of likely N-dealkylation sites (tertiary alicyclic amines) is 1. The maximum Gasteiger partial charge on any atom is 0.276 e. The van der Waals surface area contributed by atoms with Crippen LogP contribution in [0.1, 0.15) is 37.2 Å². The van der Waals surface area contributed by atoms with Gasteiger partial charge in [-0.25, -0.2) is 4.68 Å². The van der Waals surface area contributed by atoms with Gasteiger partial charge in [-0.15, -0.1) is 5.10 Å². The second-order valence-corrected chi connectivity index (χ2v) is 7.15. The summed E-state index contributed by atoms with van der Waals surface area (Å²) in [5.74, 6) is 0.647. The Labute approximate surface area is 149 Å². The Kier molecular flexibility index (Phi) is 5.48.